The summed E-state index contributed by atoms with van der Waals surface area (Å²) < 4.78 is 5.28. The van der Waals surface area contributed by atoms with Gasteiger partial charge >= 0.3 is 0 Å². The van der Waals surface area contributed by atoms with Crippen molar-refractivity contribution < 1.29 is 9.32 Å². The molecule has 0 unspecified atom stereocenters. The molecule has 3 rings (SSSR count). The Kier molecular flexibility index (Phi) is 7.00. The number of amides is 1. The number of hydrogen-bond donors (Lipinski definition) is 1. The zero-order valence-electron chi connectivity index (χ0n) is 16.2. The molecular formula is C20H29ClN4O2. The number of carbonyl (C=O) groups is 1. The first-order valence-corrected chi connectivity index (χ1v) is 9.26. The van der Waals surface area contributed by atoms with Crippen molar-refractivity contribution in [3.63, 3.8) is 0 Å². The standard InChI is InChI=1S/C20H28N4O2.ClH/c1-20(2,3)19-22-17(26-23-19)10-7-11-18(25)24-12-15(16(21)13-24)14-8-5-4-6-9-14;/h4-6,8-9,15-16H,7,10-13,21H2,1-3H3;1H/t15-,16+;/m0./s1. The molecule has 6 nitrogen and oxygen atoms in total. The molecule has 0 aliphatic carbocycles. The monoisotopic (exact) mass is 392 g/mol. The molecule has 0 saturated carbocycles. The van der Waals surface area contributed by atoms with E-state index in [1.807, 2.05) is 43.9 Å². The van der Waals surface area contributed by atoms with E-state index in [9.17, 15) is 4.79 Å². The number of benzene rings is 1. The molecule has 1 aliphatic rings. The van der Waals surface area contributed by atoms with Crippen LogP contribution in [0, 0.1) is 0 Å². The maximum Gasteiger partial charge on any atom is 0.226 e. The number of nitrogens with zero attached hydrogens (tertiary/aromatic N) is 3. The highest BCUT2D eigenvalue weighted by atomic mass is 35.5. The zero-order valence-corrected chi connectivity index (χ0v) is 17.0. The van der Waals surface area contributed by atoms with Crippen molar-refractivity contribution in [3.8, 4) is 0 Å². The molecule has 1 fully saturated rings. The van der Waals surface area contributed by atoms with E-state index in [4.69, 9.17) is 10.3 Å². The van der Waals surface area contributed by atoms with Crippen LogP contribution in [0.4, 0.5) is 0 Å². The minimum absolute atomic E-state index is 0. The lowest BCUT2D eigenvalue weighted by Gasteiger charge is -2.16. The number of halogens is 1. The lowest BCUT2D eigenvalue weighted by Crippen LogP contribution is -2.32. The second-order valence-electron chi connectivity index (χ2n) is 8.10. The van der Waals surface area contributed by atoms with Crippen molar-refractivity contribution in [1.29, 1.82) is 0 Å². The van der Waals surface area contributed by atoms with Crippen molar-refractivity contribution in [2.24, 2.45) is 5.73 Å². The molecule has 27 heavy (non-hydrogen) atoms. The largest absolute Gasteiger partial charge is 0.340 e. The predicted molar refractivity (Wildman–Crippen MR) is 107 cm³/mol. The molecule has 1 amide bonds. The van der Waals surface area contributed by atoms with Gasteiger partial charge in [0.1, 0.15) is 0 Å². The average molecular weight is 393 g/mol. The minimum atomic E-state index is -0.129. The van der Waals surface area contributed by atoms with Crippen LogP contribution in [-0.4, -0.2) is 40.1 Å². The van der Waals surface area contributed by atoms with Gasteiger partial charge in [0.15, 0.2) is 5.82 Å². The Labute approximate surface area is 166 Å². The molecule has 1 saturated heterocycles. The first-order chi connectivity index (χ1) is 12.3. The third-order valence-electron chi connectivity index (χ3n) is 4.87. The van der Waals surface area contributed by atoms with E-state index in [0.717, 1.165) is 0 Å². The van der Waals surface area contributed by atoms with Crippen LogP contribution in [0.5, 0.6) is 0 Å². The number of hydrogen-bond acceptors (Lipinski definition) is 5. The molecule has 2 N–H and O–H groups in total. The first kappa shape index (κ1) is 21.4. The summed E-state index contributed by atoms with van der Waals surface area (Å²) >= 11 is 0. The van der Waals surface area contributed by atoms with E-state index in [1.165, 1.54) is 5.56 Å². The van der Waals surface area contributed by atoms with Gasteiger partial charge in [-0.25, -0.2) is 0 Å². The van der Waals surface area contributed by atoms with Crippen LogP contribution in [0.3, 0.4) is 0 Å². The Balaban J connectivity index is 0.00000261. The summed E-state index contributed by atoms with van der Waals surface area (Å²) in [5.74, 6) is 1.66. The molecule has 7 heteroatoms. The maximum absolute atomic E-state index is 12.5. The molecule has 0 spiro atoms. The summed E-state index contributed by atoms with van der Waals surface area (Å²) in [6.45, 7) is 7.45. The second-order valence-corrected chi connectivity index (χ2v) is 8.10. The van der Waals surface area contributed by atoms with Crippen LogP contribution in [0.2, 0.25) is 0 Å². The smallest absolute Gasteiger partial charge is 0.226 e. The summed E-state index contributed by atoms with van der Waals surface area (Å²) in [6.07, 6.45) is 1.80. The highest BCUT2D eigenvalue weighted by Gasteiger charge is 2.33. The summed E-state index contributed by atoms with van der Waals surface area (Å²) in [5.41, 5.74) is 7.35. The quantitative estimate of drug-likeness (QED) is 0.845. The number of carbonyl (C=O) groups excluding carboxylic acids is 1. The van der Waals surface area contributed by atoms with Gasteiger partial charge in [0.2, 0.25) is 11.8 Å². The summed E-state index contributed by atoms with van der Waals surface area (Å²) in [5, 5.41) is 4.02. The van der Waals surface area contributed by atoms with E-state index >= 15 is 0 Å². The van der Waals surface area contributed by atoms with Crippen LogP contribution in [-0.2, 0) is 16.6 Å². The van der Waals surface area contributed by atoms with Gasteiger partial charge < -0.3 is 15.2 Å². The van der Waals surface area contributed by atoms with Crippen LogP contribution >= 0.6 is 12.4 Å². The third-order valence-corrected chi connectivity index (χ3v) is 4.87. The van der Waals surface area contributed by atoms with E-state index in [1.54, 1.807) is 0 Å². The van der Waals surface area contributed by atoms with Gasteiger partial charge in [-0.1, -0.05) is 56.3 Å². The minimum Gasteiger partial charge on any atom is -0.340 e. The summed E-state index contributed by atoms with van der Waals surface area (Å²) in [7, 11) is 0. The van der Waals surface area contributed by atoms with Crippen LogP contribution in [0.25, 0.3) is 0 Å². The van der Waals surface area contributed by atoms with Crippen molar-refractivity contribution in [2.75, 3.05) is 13.1 Å². The Bertz CT molecular complexity index is 742. The van der Waals surface area contributed by atoms with Crippen molar-refractivity contribution >= 4 is 18.3 Å². The normalized spacial score (nSPS) is 19.8. The Morgan fingerprint density at radius 3 is 2.59 bits per heavy atom. The average Bonchev–Trinajstić information content (AvgIpc) is 3.22. The lowest BCUT2D eigenvalue weighted by atomic mass is 9.95. The van der Waals surface area contributed by atoms with Gasteiger partial charge in [-0.3, -0.25) is 4.79 Å². The van der Waals surface area contributed by atoms with Gasteiger partial charge in [0.05, 0.1) is 0 Å². The number of rotatable bonds is 5. The number of aryl methyl sites for hydroxylation is 1. The van der Waals surface area contributed by atoms with Crippen molar-refractivity contribution in [3.05, 3.63) is 47.6 Å². The van der Waals surface area contributed by atoms with Gasteiger partial charge in [-0.15, -0.1) is 12.4 Å². The molecule has 2 aromatic rings. The Hall–Kier alpha value is -1.92. The van der Waals surface area contributed by atoms with Gasteiger partial charge in [-0.2, -0.15) is 4.98 Å². The SMILES string of the molecule is CC(C)(C)c1noc(CCCC(=O)N2C[C@@H](N)[C@H](c3ccccc3)C2)n1.Cl. The number of likely N-dealkylation sites (tertiary alicyclic amines) is 1. The van der Waals surface area contributed by atoms with E-state index in [-0.39, 0.29) is 35.7 Å². The summed E-state index contributed by atoms with van der Waals surface area (Å²) in [6, 6.07) is 10.2. The lowest BCUT2D eigenvalue weighted by molar-refractivity contribution is -0.130. The third kappa shape index (κ3) is 5.30. The van der Waals surface area contributed by atoms with Gasteiger partial charge in [0.25, 0.3) is 0 Å². The van der Waals surface area contributed by atoms with Crippen LogP contribution in [0.15, 0.2) is 34.9 Å². The second kappa shape index (κ2) is 8.85. The number of aromatic nitrogens is 2. The fraction of sp³-hybridized carbons (Fsp3) is 0.550. The van der Waals surface area contributed by atoms with Crippen molar-refractivity contribution in [1.82, 2.24) is 15.0 Å². The maximum atomic E-state index is 12.5. The molecule has 148 valence electrons. The van der Waals surface area contributed by atoms with Crippen LogP contribution < -0.4 is 5.73 Å². The van der Waals surface area contributed by atoms with E-state index < -0.39 is 0 Å². The topological polar surface area (TPSA) is 85.2 Å². The van der Waals surface area contributed by atoms with E-state index in [2.05, 4.69) is 22.3 Å². The molecule has 2 atom stereocenters. The fourth-order valence-corrected chi connectivity index (χ4v) is 3.30. The molecule has 0 radical (unpaired) electrons. The molecule has 1 aliphatic heterocycles. The van der Waals surface area contributed by atoms with E-state index in [0.29, 0.717) is 44.1 Å². The molecule has 1 aromatic carbocycles. The molecule has 0 bridgehead atoms. The highest BCUT2D eigenvalue weighted by Crippen LogP contribution is 2.27. The highest BCUT2D eigenvalue weighted by molar-refractivity contribution is 5.85. The van der Waals surface area contributed by atoms with Gasteiger partial charge in [-0.05, 0) is 12.0 Å². The fourth-order valence-electron chi connectivity index (χ4n) is 3.30. The predicted octanol–water partition coefficient (Wildman–Crippen LogP) is 3.06. The molecule has 1 aromatic heterocycles. The first-order valence-electron chi connectivity index (χ1n) is 9.26. The molecule has 2 heterocycles. The van der Waals surface area contributed by atoms with Crippen molar-refractivity contribution in [2.45, 2.75) is 57.4 Å². The zero-order chi connectivity index (χ0) is 18.7. The van der Waals surface area contributed by atoms with Gasteiger partial charge in [0, 0.05) is 43.3 Å². The summed E-state index contributed by atoms with van der Waals surface area (Å²) in [4.78, 5) is 18.8. The van der Waals surface area contributed by atoms with Crippen LogP contribution in [0.1, 0.15) is 56.8 Å². The Morgan fingerprint density at radius 2 is 1.96 bits per heavy atom. The number of nitrogens with two attached hydrogens (primary N) is 1. The Morgan fingerprint density at radius 1 is 1.26 bits per heavy atom. The molecular weight excluding hydrogens is 364 g/mol.